The van der Waals surface area contributed by atoms with Gasteiger partial charge in [-0.25, -0.2) is 0 Å². The summed E-state index contributed by atoms with van der Waals surface area (Å²) in [5, 5.41) is 4.76. The molecule has 1 aliphatic heterocycles. The molecule has 1 saturated heterocycles. The molecule has 4 heteroatoms. The van der Waals surface area contributed by atoms with Crippen LogP contribution in [0.4, 0.5) is 0 Å². The summed E-state index contributed by atoms with van der Waals surface area (Å²) in [5.74, 6) is 1.35. The van der Waals surface area contributed by atoms with Crippen LogP contribution in [0.3, 0.4) is 0 Å². The zero-order valence-corrected chi connectivity index (χ0v) is 17.4. The SMILES string of the molecule is Cc1ccc([C@@H]2C[C@H](C)[C@H]3C(=O)N[C@H](C)[C@H]3[C@H]2c2ccc(Cl)cc2)c(Cl)c1. The molecule has 0 aromatic heterocycles. The van der Waals surface area contributed by atoms with Gasteiger partial charge in [-0.3, -0.25) is 4.79 Å². The molecule has 4 rings (SSSR count). The van der Waals surface area contributed by atoms with Gasteiger partial charge in [-0.1, -0.05) is 54.4 Å². The zero-order valence-electron chi connectivity index (χ0n) is 15.9. The first-order valence-corrected chi connectivity index (χ1v) is 10.4. The van der Waals surface area contributed by atoms with Crippen molar-refractivity contribution in [2.75, 3.05) is 0 Å². The summed E-state index contributed by atoms with van der Waals surface area (Å²) in [6.45, 7) is 6.41. The number of carbonyl (C=O) groups excluding carboxylic acids is 1. The predicted molar refractivity (Wildman–Crippen MR) is 111 cm³/mol. The van der Waals surface area contributed by atoms with Crippen LogP contribution >= 0.6 is 23.2 Å². The van der Waals surface area contributed by atoms with E-state index in [0.717, 1.165) is 16.5 Å². The third-order valence-corrected chi connectivity index (χ3v) is 7.14. The van der Waals surface area contributed by atoms with E-state index in [1.165, 1.54) is 16.7 Å². The van der Waals surface area contributed by atoms with Crippen molar-refractivity contribution < 1.29 is 4.79 Å². The lowest BCUT2D eigenvalue weighted by Gasteiger charge is -2.44. The van der Waals surface area contributed by atoms with Gasteiger partial charge in [0.1, 0.15) is 0 Å². The lowest BCUT2D eigenvalue weighted by Crippen LogP contribution is -2.39. The summed E-state index contributed by atoms with van der Waals surface area (Å²) in [5.41, 5.74) is 3.60. The normalized spacial score (nSPS) is 32.9. The fourth-order valence-corrected chi connectivity index (χ4v) is 5.93. The summed E-state index contributed by atoms with van der Waals surface area (Å²) < 4.78 is 0. The fourth-order valence-electron chi connectivity index (χ4n) is 5.43. The number of halogens is 2. The second kappa shape index (κ2) is 7.14. The first-order chi connectivity index (χ1) is 12.9. The zero-order chi connectivity index (χ0) is 19.3. The third-order valence-electron chi connectivity index (χ3n) is 6.56. The fraction of sp³-hybridized carbons (Fsp3) is 0.435. The van der Waals surface area contributed by atoms with Gasteiger partial charge in [-0.05, 0) is 78.8 Å². The molecular weight excluding hydrogens is 377 g/mol. The second-order valence-corrected chi connectivity index (χ2v) is 9.17. The molecule has 0 spiro atoms. The molecule has 2 aromatic carbocycles. The van der Waals surface area contributed by atoms with Gasteiger partial charge < -0.3 is 5.32 Å². The van der Waals surface area contributed by atoms with E-state index in [-0.39, 0.29) is 35.6 Å². The van der Waals surface area contributed by atoms with E-state index in [1.54, 1.807) is 0 Å². The van der Waals surface area contributed by atoms with Gasteiger partial charge >= 0.3 is 0 Å². The van der Waals surface area contributed by atoms with E-state index in [0.29, 0.717) is 5.92 Å². The van der Waals surface area contributed by atoms with Gasteiger partial charge in [0, 0.05) is 22.0 Å². The Balaban J connectivity index is 1.85. The monoisotopic (exact) mass is 401 g/mol. The molecule has 2 nitrogen and oxygen atoms in total. The van der Waals surface area contributed by atoms with Crippen molar-refractivity contribution in [2.24, 2.45) is 17.8 Å². The number of nitrogens with one attached hydrogen (secondary N) is 1. The standard InChI is InChI=1S/C23H25Cl2NO/c1-12-4-9-17(19(25)10-12)18-11-13(2)20-21(14(3)26-23(20)27)22(18)15-5-7-16(24)8-6-15/h4-10,13-14,18,20-22H,11H2,1-3H3,(H,26,27)/t13-,14+,18-,20+,21+,22-/m0/s1. The van der Waals surface area contributed by atoms with Crippen molar-refractivity contribution in [2.45, 2.75) is 45.1 Å². The Morgan fingerprint density at radius 2 is 1.70 bits per heavy atom. The summed E-state index contributed by atoms with van der Waals surface area (Å²) in [6.07, 6.45) is 0.956. The first-order valence-electron chi connectivity index (χ1n) is 9.68. The maximum absolute atomic E-state index is 12.7. The van der Waals surface area contributed by atoms with Gasteiger partial charge in [0.15, 0.2) is 0 Å². The topological polar surface area (TPSA) is 29.1 Å². The van der Waals surface area contributed by atoms with Gasteiger partial charge in [-0.2, -0.15) is 0 Å². The molecule has 2 fully saturated rings. The number of aryl methyl sites for hydroxylation is 1. The number of hydrogen-bond donors (Lipinski definition) is 1. The van der Waals surface area contributed by atoms with Crippen LogP contribution in [0.1, 0.15) is 48.8 Å². The summed E-state index contributed by atoms with van der Waals surface area (Å²) in [7, 11) is 0. The third kappa shape index (κ3) is 3.28. The minimum absolute atomic E-state index is 0.0566. The van der Waals surface area contributed by atoms with Crippen molar-refractivity contribution in [3.05, 3.63) is 69.2 Å². The maximum atomic E-state index is 12.7. The van der Waals surface area contributed by atoms with Crippen molar-refractivity contribution in [3.8, 4) is 0 Å². The molecule has 2 aromatic rings. The summed E-state index contributed by atoms with van der Waals surface area (Å²) in [4.78, 5) is 12.7. The van der Waals surface area contributed by atoms with Crippen molar-refractivity contribution in [3.63, 3.8) is 0 Å². The molecule has 0 unspecified atom stereocenters. The molecule has 1 aliphatic carbocycles. The molecule has 2 aliphatic rings. The molecule has 1 N–H and O–H groups in total. The molecular formula is C23H25Cl2NO. The summed E-state index contributed by atoms with van der Waals surface area (Å²) >= 11 is 12.8. The van der Waals surface area contributed by atoms with Gasteiger partial charge in [0.2, 0.25) is 5.91 Å². The van der Waals surface area contributed by atoms with Gasteiger partial charge in [0.25, 0.3) is 0 Å². The van der Waals surface area contributed by atoms with Crippen LogP contribution in [0.25, 0.3) is 0 Å². The Morgan fingerprint density at radius 3 is 2.37 bits per heavy atom. The van der Waals surface area contributed by atoms with E-state index in [1.807, 2.05) is 18.2 Å². The van der Waals surface area contributed by atoms with Crippen molar-refractivity contribution in [1.82, 2.24) is 5.32 Å². The number of benzene rings is 2. The quantitative estimate of drug-likeness (QED) is 0.660. The van der Waals surface area contributed by atoms with Crippen LogP contribution < -0.4 is 5.32 Å². The molecule has 142 valence electrons. The summed E-state index contributed by atoms with van der Waals surface area (Å²) in [6, 6.07) is 14.6. The van der Waals surface area contributed by atoms with Crippen molar-refractivity contribution >= 4 is 29.1 Å². The van der Waals surface area contributed by atoms with Crippen LogP contribution in [0, 0.1) is 24.7 Å². The van der Waals surface area contributed by atoms with Crippen LogP contribution in [0.2, 0.25) is 10.0 Å². The molecule has 1 amide bonds. The van der Waals surface area contributed by atoms with Crippen LogP contribution in [0.5, 0.6) is 0 Å². The van der Waals surface area contributed by atoms with E-state index >= 15 is 0 Å². The smallest absolute Gasteiger partial charge is 0.223 e. The number of rotatable bonds is 2. The highest BCUT2D eigenvalue weighted by atomic mass is 35.5. The molecule has 1 heterocycles. The highest BCUT2D eigenvalue weighted by Crippen LogP contribution is 2.55. The largest absolute Gasteiger partial charge is 0.353 e. The number of hydrogen-bond acceptors (Lipinski definition) is 1. The maximum Gasteiger partial charge on any atom is 0.223 e. The van der Waals surface area contributed by atoms with Crippen LogP contribution in [-0.4, -0.2) is 11.9 Å². The Morgan fingerprint density at radius 1 is 1.00 bits per heavy atom. The minimum Gasteiger partial charge on any atom is -0.353 e. The van der Waals surface area contributed by atoms with Gasteiger partial charge in [0.05, 0.1) is 0 Å². The van der Waals surface area contributed by atoms with E-state index in [9.17, 15) is 4.79 Å². The molecule has 6 atom stereocenters. The second-order valence-electron chi connectivity index (χ2n) is 8.32. The Bertz CT molecular complexity index is 863. The molecule has 0 radical (unpaired) electrons. The van der Waals surface area contributed by atoms with Crippen molar-refractivity contribution in [1.29, 1.82) is 0 Å². The molecule has 1 saturated carbocycles. The number of amides is 1. The first kappa shape index (κ1) is 18.8. The average molecular weight is 402 g/mol. The van der Waals surface area contributed by atoms with Crippen LogP contribution in [-0.2, 0) is 4.79 Å². The van der Waals surface area contributed by atoms with E-state index in [2.05, 4.69) is 50.4 Å². The number of carbonyl (C=O) groups is 1. The average Bonchev–Trinajstić information content (AvgIpc) is 2.91. The Kier molecular flexibility index (Phi) is 4.98. The Hall–Kier alpha value is -1.51. The van der Waals surface area contributed by atoms with Gasteiger partial charge in [-0.15, -0.1) is 0 Å². The molecule has 0 bridgehead atoms. The highest BCUT2D eigenvalue weighted by Gasteiger charge is 2.53. The van der Waals surface area contributed by atoms with Crippen LogP contribution in [0.15, 0.2) is 42.5 Å². The predicted octanol–water partition coefficient (Wildman–Crippen LogP) is 5.96. The Labute approximate surface area is 171 Å². The van der Waals surface area contributed by atoms with E-state index in [4.69, 9.17) is 23.2 Å². The minimum atomic E-state index is 0.0566. The lowest BCUT2D eigenvalue weighted by molar-refractivity contribution is -0.125. The lowest BCUT2D eigenvalue weighted by atomic mass is 9.58. The highest BCUT2D eigenvalue weighted by molar-refractivity contribution is 6.31. The number of fused-ring (bicyclic) bond motifs is 1. The molecule has 27 heavy (non-hydrogen) atoms. The van der Waals surface area contributed by atoms with E-state index < -0.39 is 0 Å².